The van der Waals surface area contributed by atoms with E-state index in [1.807, 2.05) is 26.0 Å². The maximum Gasteiger partial charge on any atom is 0.272 e. The molecule has 0 bridgehead atoms. The number of aliphatic hydroxyl groups excluding tert-OH is 1. The van der Waals surface area contributed by atoms with Crippen LogP contribution >= 0.6 is 0 Å². The van der Waals surface area contributed by atoms with Crippen LogP contribution in [-0.4, -0.2) is 43.5 Å². The number of aliphatic hydroxyl groups is 1. The molecule has 162 valence electrons. The Hall–Kier alpha value is -3.33. The highest BCUT2D eigenvalue weighted by atomic mass is 16.5. The fraction of sp³-hybridized carbons (Fsp3) is 0.409. The summed E-state index contributed by atoms with van der Waals surface area (Å²) in [6.45, 7) is 3.94. The summed E-state index contributed by atoms with van der Waals surface area (Å²) in [6, 6.07) is 7.10. The number of nitrogens with zero attached hydrogens (tertiary/aromatic N) is 4. The van der Waals surface area contributed by atoms with E-state index in [0.717, 1.165) is 29.7 Å². The van der Waals surface area contributed by atoms with Crippen molar-refractivity contribution in [1.82, 2.24) is 25.7 Å². The van der Waals surface area contributed by atoms with Gasteiger partial charge in [-0.1, -0.05) is 5.16 Å². The number of nitrogens with one attached hydrogen (secondary N) is 1. The fourth-order valence-corrected chi connectivity index (χ4v) is 3.54. The third kappa shape index (κ3) is 5.05. The molecule has 9 nitrogen and oxygen atoms in total. The predicted molar refractivity (Wildman–Crippen MR) is 111 cm³/mol. The molecule has 0 unspecified atom stereocenters. The molecule has 0 spiro atoms. The van der Waals surface area contributed by atoms with Crippen molar-refractivity contribution in [3.05, 3.63) is 53.2 Å². The van der Waals surface area contributed by atoms with Crippen LogP contribution in [-0.2, 0) is 6.61 Å². The summed E-state index contributed by atoms with van der Waals surface area (Å²) in [5.41, 5.74) is 3.46. The SMILES string of the molecule is Cc1ccc(-c2noc(C)c2COc2ccc(C(=O)NC3CCC(O)CC3)nn2)cn1. The molecule has 1 saturated carbocycles. The lowest BCUT2D eigenvalue weighted by Gasteiger charge is -2.25. The van der Waals surface area contributed by atoms with Gasteiger partial charge in [-0.3, -0.25) is 9.78 Å². The molecule has 1 amide bonds. The van der Waals surface area contributed by atoms with Crippen molar-refractivity contribution in [2.24, 2.45) is 0 Å². The molecule has 0 atom stereocenters. The summed E-state index contributed by atoms with van der Waals surface area (Å²) in [4.78, 5) is 16.7. The van der Waals surface area contributed by atoms with Gasteiger partial charge in [-0.15, -0.1) is 10.2 Å². The molecule has 3 aromatic heterocycles. The number of ether oxygens (including phenoxy) is 1. The Balaban J connectivity index is 1.37. The number of pyridine rings is 1. The van der Waals surface area contributed by atoms with Crippen LogP contribution in [0.25, 0.3) is 11.3 Å². The molecule has 0 radical (unpaired) electrons. The van der Waals surface area contributed by atoms with Crippen LogP contribution in [0.15, 0.2) is 35.0 Å². The molecule has 1 fully saturated rings. The van der Waals surface area contributed by atoms with Crippen molar-refractivity contribution in [3.8, 4) is 17.1 Å². The van der Waals surface area contributed by atoms with Crippen molar-refractivity contribution in [2.45, 2.75) is 58.3 Å². The minimum atomic E-state index is -0.274. The van der Waals surface area contributed by atoms with Crippen LogP contribution in [0, 0.1) is 13.8 Å². The first-order chi connectivity index (χ1) is 15.0. The van der Waals surface area contributed by atoms with Crippen LogP contribution in [0.5, 0.6) is 5.88 Å². The Morgan fingerprint density at radius 3 is 2.65 bits per heavy atom. The first-order valence-corrected chi connectivity index (χ1v) is 10.3. The highest BCUT2D eigenvalue weighted by Gasteiger charge is 2.22. The number of aryl methyl sites for hydroxylation is 2. The van der Waals surface area contributed by atoms with Gasteiger partial charge in [-0.25, -0.2) is 0 Å². The average Bonchev–Trinajstić information content (AvgIpc) is 3.15. The molecule has 1 aliphatic carbocycles. The summed E-state index contributed by atoms with van der Waals surface area (Å²) < 4.78 is 11.1. The topological polar surface area (TPSA) is 123 Å². The van der Waals surface area contributed by atoms with Gasteiger partial charge in [-0.2, -0.15) is 0 Å². The van der Waals surface area contributed by atoms with E-state index >= 15 is 0 Å². The number of aromatic nitrogens is 4. The van der Waals surface area contributed by atoms with Gasteiger partial charge in [0.25, 0.3) is 5.91 Å². The molecule has 3 heterocycles. The number of amides is 1. The van der Waals surface area contributed by atoms with Crippen LogP contribution in [0.4, 0.5) is 0 Å². The molecular formula is C22H25N5O4. The smallest absolute Gasteiger partial charge is 0.272 e. The fourth-order valence-electron chi connectivity index (χ4n) is 3.54. The Morgan fingerprint density at radius 1 is 1.16 bits per heavy atom. The third-order valence-corrected chi connectivity index (χ3v) is 5.44. The van der Waals surface area contributed by atoms with Crippen LogP contribution < -0.4 is 10.1 Å². The Morgan fingerprint density at radius 2 is 1.97 bits per heavy atom. The van der Waals surface area contributed by atoms with E-state index in [-0.39, 0.29) is 30.4 Å². The van der Waals surface area contributed by atoms with E-state index < -0.39 is 0 Å². The van der Waals surface area contributed by atoms with Gasteiger partial charge in [0.15, 0.2) is 5.69 Å². The third-order valence-electron chi connectivity index (χ3n) is 5.44. The molecule has 3 aromatic rings. The molecule has 0 aliphatic heterocycles. The zero-order chi connectivity index (χ0) is 21.8. The Labute approximate surface area is 179 Å². The van der Waals surface area contributed by atoms with E-state index in [1.165, 1.54) is 0 Å². The second-order valence-electron chi connectivity index (χ2n) is 7.78. The van der Waals surface area contributed by atoms with Crippen molar-refractivity contribution < 1.29 is 19.2 Å². The first-order valence-electron chi connectivity index (χ1n) is 10.3. The Bertz CT molecular complexity index is 1030. The monoisotopic (exact) mass is 423 g/mol. The molecule has 9 heteroatoms. The largest absolute Gasteiger partial charge is 0.472 e. The van der Waals surface area contributed by atoms with E-state index in [0.29, 0.717) is 30.2 Å². The lowest BCUT2D eigenvalue weighted by atomic mass is 9.93. The van der Waals surface area contributed by atoms with Gasteiger partial charge in [-0.05, 0) is 57.7 Å². The van der Waals surface area contributed by atoms with Gasteiger partial charge >= 0.3 is 0 Å². The van der Waals surface area contributed by atoms with Gasteiger partial charge < -0.3 is 19.7 Å². The molecular weight excluding hydrogens is 398 g/mol. The van der Waals surface area contributed by atoms with Crippen LogP contribution in [0.1, 0.15) is 53.2 Å². The van der Waals surface area contributed by atoms with E-state index in [9.17, 15) is 9.90 Å². The van der Waals surface area contributed by atoms with Gasteiger partial charge in [0, 0.05) is 29.6 Å². The van der Waals surface area contributed by atoms with E-state index in [4.69, 9.17) is 9.26 Å². The van der Waals surface area contributed by atoms with E-state index in [2.05, 4.69) is 25.7 Å². The highest BCUT2D eigenvalue weighted by Crippen LogP contribution is 2.26. The summed E-state index contributed by atoms with van der Waals surface area (Å²) in [5.74, 6) is 0.674. The summed E-state index contributed by atoms with van der Waals surface area (Å²) in [6.07, 6.45) is 4.41. The number of hydrogen-bond donors (Lipinski definition) is 2. The molecule has 1 aliphatic rings. The first kappa shape index (κ1) is 20.9. The number of rotatable bonds is 6. The minimum Gasteiger partial charge on any atom is -0.472 e. The van der Waals surface area contributed by atoms with Crippen molar-refractivity contribution in [3.63, 3.8) is 0 Å². The summed E-state index contributed by atoms with van der Waals surface area (Å²) in [5, 5.41) is 24.6. The maximum absolute atomic E-state index is 12.4. The lowest BCUT2D eigenvalue weighted by Crippen LogP contribution is -2.38. The second-order valence-corrected chi connectivity index (χ2v) is 7.78. The lowest BCUT2D eigenvalue weighted by molar-refractivity contribution is 0.0862. The van der Waals surface area contributed by atoms with E-state index in [1.54, 1.807) is 18.3 Å². The molecule has 0 aromatic carbocycles. The average molecular weight is 423 g/mol. The van der Waals surface area contributed by atoms with Gasteiger partial charge in [0.2, 0.25) is 5.88 Å². The predicted octanol–water partition coefficient (Wildman–Crippen LogP) is 2.76. The normalized spacial score (nSPS) is 18.5. The standard InChI is InChI=1S/C22H25N5O4/c1-13-3-4-15(11-23-13)21-18(14(2)31-27-21)12-30-20-10-9-19(25-26-20)22(29)24-16-5-7-17(28)8-6-16/h3-4,9-11,16-17,28H,5-8,12H2,1-2H3,(H,24,29). The molecule has 2 N–H and O–H groups in total. The quantitative estimate of drug-likeness (QED) is 0.620. The Kier molecular flexibility index (Phi) is 6.22. The minimum absolute atomic E-state index is 0.0554. The van der Waals surface area contributed by atoms with Crippen LogP contribution in [0.2, 0.25) is 0 Å². The second kappa shape index (κ2) is 9.22. The van der Waals surface area contributed by atoms with Crippen molar-refractivity contribution in [2.75, 3.05) is 0 Å². The molecule has 31 heavy (non-hydrogen) atoms. The molecule has 0 saturated heterocycles. The van der Waals surface area contributed by atoms with Crippen molar-refractivity contribution >= 4 is 5.91 Å². The van der Waals surface area contributed by atoms with Gasteiger partial charge in [0.05, 0.1) is 11.7 Å². The maximum atomic E-state index is 12.4. The summed E-state index contributed by atoms with van der Waals surface area (Å²) >= 11 is 0. The zero-order valence-corrected chi connectivity index (χ0v) is 17.5. The molecule has 4 rings (SSSR count). The van der Waals surface area contributed by atoms with Crippen LogP contribution in [0.3, 0.4) is 0 Å². The van der Waals surface area contributed by atoms with Gasteiger partial charge in [0.1, 0.15) is 18.1 Å². The van der Waals surface area contributed by atoms with Crippen molar-refractivity contribution in [1.29, 1.82) is 0 Å². The number of carbonyl (C=O) groups excluding carboxylic acids is 1. The number of hydrogen-bond acceptors (Lipinski definition) is 8. The highest BCUT2D eigenvalue weighted by molar-refractivity contribution is 5.92. The number of carbonyl (C=O) groups is 1. The zero-order valence-electron chi connectivity index (χ0n) is 17.5. The summed E-state index contributed by atoms with van der Waals surface area (Å²) in [7, 11) is 0.